The lowest BCUT2D eigenvalue weighted by atomic mass is 9.86. The lowest BCUT2D eigenvalue weighted by Gasteiger charge is -2.29. The molecule has 1 N–H and O–H groups in total. The van der Waals surface area contributed by atoms with Gasteiger partial charge in [0.2, 0.25) is 5.91 Å². The first-order valence-corrected chi connectivity index (χ1v) is 12.9. The zero-order valence-electron chi connectivity index (χ0n) is 19.5. The number of carbonyl (C=O) groups excluding carboxylic acids is 1. The summed E-state index contributed by atoms with van der Waals surface area (Å²) in [5.74, 6) is 0.881. The van der Waals surface area contributed by atoms with Crippen LogP contribution in [0.5, 0.6) is 0 Å². The van der Waals surface area contributed by atoms with Gasteiger partial charge in [0.05, 0.1) is 17.7 Å². The van der Waals surface area contributed by atoms with Crippen LogP contribution in [0.15, 0.2) is 69.0 Å². The highest BCUT2D eigenvalue weighted by molar-refractivity contribution is 7.99. The van der Waals surface area contributed by atoms with Crippen molar-refractivity contribution in [2.75, 3.05) is 5.75 Å². The molecule has 1 fully saturated rings. The zero-order valence-corrected chi connectivity index (χ0v) is 20.3. The van der Waals surface area contributed by atoms with Gasteiger partial charge in [-0.3, -0.25) is 9.59 Å². The minimum atomic E-state index is -0.184. The molecule has 1 saturated carbocycles. The maximum atomic E-state index is 13.1. The molecule has 180 valence electrons. The number of hydrogen-bond donors (Lipinski definition) is 1. The van der Waals surface area contributed by atoms with Crippen molar-refractivity contribution in [3.63, 3.8) is 0 Å². The third kappa shape index (κ3) is 5.30. The molecular weight excluding hydrogens is 462 g/mol. The fourth-order valence-corrected chi connectivity index (χ4v) is 5.10. The van der Waals surface area contributed by atoms with Gasteiger partial charge in [0, 0.05) is 11.4 Å². The van der Waals surface area contributed by atoms with Gasteiger partial charge in [-0.25, -0.2) is 4.68 Å². The SMILES string of the molecule is CC1CCCCC1NC(=O)CSc1nnc(-c2nn(Cc3ccccc3)c(=O)c3ccccc23)o1. The first-order chi connectivity index (χ1) is 17.1. The Kier molecular flexibility index (Phi) is 6.94. The number of rotatable bonds is 7. The van der Waals surface area contributed by atoms with Crippen molar-refractivity contribution in [3.05, 3.63) is 70.5 Å². The molecular formula is C26H27N5O3S. The predicted octanol–water partition coefficient (Wildman–Crippen LogP) is 4.28. The Morgan fingerprint density at radius 2 is 1.80 bits per heavy atom. The Hall–Kier alpha value is -3.46. The second-order valence-electron chi connectivity index (χ2n) is 8.94. The summed E-state index contributed by atoms with van der Waals surface area (Å²) in [6.07, 6.45) is 4.56. The number of benzene rings is 2. The molecule has 35 heavy (non-hydrogen) atoms. The molecule has 2 unspecified atom stereocenters. The van der Waals surface area contributed by atoms with E-state index in [1.807, 2.05) is 48.5 Å². The van der Waals surface area contributed by atoms with E-state index in [9.17, 15) is 9.59 Å². The Bertz CT molecular complexity index is 1380. The fraction of sp³-hybridized carbons (Fsp3) is 0.346. The molecule has 0 bridgehead atoms. The molecule has 1 aliphatic carbocycles. The van der Waals surface area contributed by atoms with Crippen LogP contribution in [0.25, 0.3) is 22.4 Å². The van der Waals surface area contributed by atoms with Gasteiger partial charge in [-0.2, -0.15) is 5.10 Å². The fourth-order valence-electron chi connectivity index (χ4n) is 4.53. The highest BCUT2D eigenvalue weighted by Gasteiger charge is 2.23. The molecule has 2 aromatic carbocycles. The summed E-state index contributed by atoms with van der Waals surface area (Å²) in [5, 5.41) is 17.5. The summed E-state index contributed by atoms with van der Waals surface area (Å²) >= 11 is 1.20. The number of hydrogen-bond acceptors (Lipinski definition) is 7. The minimum Gasteiger partial charge on any atom is -0.409 e. The van der Waals surface area contributed by atoms with Crippen LogP contribution < -0.4 is 10.9 Å². The average Bonchev–Trinajstić information content (AvgIpc) is 3.35. The maximum Gasteiger partial charge on any atom is 0.277 e. The quantitative estimate of drug-likeness (QED) is 0.387. The number of nitrogens with one attached hydrogen (secondary N) is 1. The normalized spacial score (nSPS) is 18.0. The molecule has 2 atom stereocenters. The molecule has 0 saturated heterocycles. The first kappa shape index (κ1) is 23.3. The van der Waals surface area contributed by atoms with Gasteiger partial charge in [-0.05, 0) is 30.4 Å². The summed E-state index contributed by atoms with van der Waals surface area (Å²) in [6, 6.07) is 17.2. The summed E-state index contributed by atoms with van der Waals surface area (Å²) in [5.41, 5.74) is 1.22. The van der Waals surface area contributed by atoms with Crippen molar-refractivity contribution >= 4 is 28.4 Å². The van der Waals surface area contributed by atoms with E-state index in [-0.39, 0.29) is 29.2 Å². The van der Waals surface area contributed by atoms with Crippen molar-refractivity contribution in [3.8, 4) is 11.6 Å². The van der Waals surface area contributed by atoms with E-state index >= 15 is 0 Å². The van der Waals surface area contributed by atoms with Gasteiger partial charge in [0.15, 0.2) is 5.69 Å². The molecule has 0 aliphatic heterocycles. The Labute approximate surface area is 207 Å². The van der Waals surface area contributed by atoms with Gasteiger partial charge in [-0.1, -0.05) is 80.1 Å². The second-order valence-corrected chi connectivity index (χ2v) is 9.87. The lowest BCUT2D eigenvalue weighted by molar-refractivity contribution is -0.119. The number of amides is 1. The van der Waals surface area contributed by atoms with Crippen molar-refractivity contribution in [1.29, 1.82) is 0 Å². The molecule has 2 aromatic heterocycles. The van der Waals surface area contributed by atoms with E-state index in [0.29, 0.717) is 34.2 Å². The van der Waals surface area contributed by atoms with Gasteiger partial charge in [0.1, 0.15) is 0 Å². The third-order valence-corrected chi connectivity index (χ3v) is 7.26. The molecule has 4 aromatic rings. The van der Waals surface area contributed by atoms with E-state index in [1.54, 1.807) is 6.07 Å². The van der Waals surface area contributed by atoms with Crippen LogP contribution in [0.3, 0.4) is 0 Å². The number of nitrogens with zero attached hydrogens (tertiary/aromatic N) is 4. The third-order valence-electron chi connectivity index (χ3n) is 6.44. The van der Waals surface area contributed by atoms with E-state index in [4.69, 9.17) is 4.42 Å². The number of aromatic nitrogens is 4. The molecule has 0 spiro atoms. The van der Waals surface area contributed by atoms with Crippen molar-refractivity contribution in [1.82, 2.24) is 25.3 Å². The zero-order chi connectivity index (χ0) is 24.2. The lowest BCUT2D eigenvalue weighted by Crippen LogP contribution is -2.41. The summed E-state index contributed by atoms with van der Waals surface area (Å²) in [4.78, 5) is 25.5. The van der Waals surface area contributed by atoms with E-state index < -0.39 is 0 Å². The average molecular weight is 490 g/mol. The van der Waals surface area contributed by atoms with Gasteiger partial charge >= 0.3 is 0 Å². The van der Waals surface area contributed by atoms with E-state index in [1.165, 1.54) is 22.9 Å². The molecule has 2 heterocycles. The van der Waals surface area contributed by atoms with Crippen molar-refractivity contribution in [2.24, 2.45) is 5.92 Å². The van der Waals surface area contributed by atoms with Crippen LogP contribution in [0.4, 0.5) is 0 Å². The van der Waals surface area contributed by atoms with Crippen LogP contribution in [-0.2, 0) is 11.3 Å². The minimum absolute atomic E-state index is 0.0338. The van der Waals surface area contributed by atoms with Crippen LogP contribution in [0.1, 0.15) is 38.2 Å². The standard InChI is InChI=1S/C26H27N5O3S/c1-17-9-5-8-14-21(17)27-22(32)16-35-26-29-28-24(34-26)23-19-12-6-7-13-20(19)25(33)31(30-23)15-18-10-3-2-4-11-18/h2-4,6-7,10-13,17,21H,5,8-9,14-16H2,1H3,(H,27,32). The number of carbonyl (C=O) groups is 1. The maximum absolute atomic E-state index is 13.1. The number of fused-ring (bicyclic) bond motifs is 1. The highest BCUT2D eigenvalue weighted by atomic mass is 32.2. The van der Waals surface area contributed by atoms with Gasteiger partial charge < -0.3 is 9.73 Å². The smallest absolute Gasteiger partial charge is 0.277 e. The van der Waals surface area contributed by atoms with E-state index in [2.05, 4.69) is 27.5 Å². The van der Waals surface area contributed by atoms with Crippen molar-refractivity contribution in [2.45, 2.75) is 50.4 Å². The number of thioether (sulfide) groups is 1. The molecule has 8 nitrogen and oxygen atoms in total. The Morgan fingerprint density at radius 3 is 2.60 bits per heavy atom. The van der Waals surface area contributed by atoms with E-state index in [0.717, 1.165) is 24.8 Å². The molecule has 5 rings (SSSR count). The summed E-state index contributed by atoms with van der Waals surface area (Å²) < 4.78 is 7.29. The molecule has 0 radical (unpaired) electrons. The monoisotopic (exact) mass is 489 g/mol. The molecule has 1 amide bonds. The van der Waals surface area contributed by atoms with Crippen LogP contribution in [0.2, 0.25) is 0 Å². The van der Waals surface area contributed by atoms with Crippen LogP contribution >= 0.6 is 11.8 Å². The highest BCUT2D eigenvalue weighted by Crippen LogP contribution is 2.27. The molecule has 1 aliphatic rings. The van der Waals surface area contributed by atoms with Gasteiger partial charge in [-0.15, -0.1) is 10.2 Å². The first-order valence-electron chi connectivity index (χ1n) is 11.9. The summed E-state index contributed by atoms with van der Waals surface area (Å²) in [6.45, 7) is 2.52. The summed E-state index contributed by atoms with van der Waals surface area (Å²) in [7, 11) is 0. The topological polar surface area (TPSA) is 103 Å². The predicted molar refractivity (Wildman–Crippen MR) is 135 cm³/mol. The Morgan fingerprint density at radius 1 is 1.06 bits per heavy atom. The van der Waals surface area contributed by atoms with Crippen LogP contribution in [0, 0.1) is 5.92 Å². The molecule has 9 heteroatoms. The van der Waals surface area contributed by atoms with Gasteiger partial charge in [0.25, 0.3) is 16.7 Å². The van der Waals surface area contributed by atoms with Crippen LogP contribution in [-0.4, -0.2) is 37.7 Å². The Balaban J connectivity index is 1.36. The van der Waals surface area contributed by atoms with Crippen molar-refractivity contribution < 1.29 is 9.21 Å². The second kappa shape index (κ2) is 10.4. The largest absolute Gasteiger partial charge is 0.409 e.